The van der Waals surface area contributed by atoms with Crippen LogP contribution in [0.15, 0.2) is 9.59 Å². The average Bonchev–Trinajstić information content (AvgIpc) is 2.32. The lowest BCUT2D eigenvalue weighted by atomic mass is 9.80. The number of hydrogen-bond donors (Lipinski definition) is 1. The number of anilines is 1. The third-order valence-corrected chi connectivity index (χ3v) is 3.84. The van der Waals surface area contributed by atoms with Gasteiger partial charge in [0.05, 0.1) is 0 Å². The third kappa shape index (κ3) is 2.88. The molecule has 2 atom stereocenters. The van der Waals surface area contributed by atoms with E-state index in [0.29, 0.717) is 11.8 Å². The van der Waals surface area contributed by atoms with E-state index in [1.54, 1.807) is 7.05 Å². The fourth-order valence-corrected chi connectivity index (χ4v) is 3.05. The first-order chi connectivity index (χ1) is 8.88. The van der Waals surface area contributed by atoms with Crippen molar-refractivity contribution in [2.45, 2.75) is 39.2 Å². The van der Waals surface area contributed by atoms with E-state index in [4.69, 9.17) is 0 Å². The molecule has 0 amide bonds. The van der Waals surface area contributed by atoms with Gasteiger partial charge in [-0.15, -0.1) is 5.10 Å². The Morgan fingerprint density at radius 2 is 1.68 bits per heavy atom. The van der Waals surface area contributed by atoms with Crippen molar-refractivity contribution >= 4 is 5.82 Å². The zero-order valence-corrected chi connectivity index (χ0v) is 12.0. The van der Waals surface area contributed by atoms with Gasteiger partial charge in [0.25, 0.3) is 5.56 Å². The van der Waals surface area contributed by atoms with Crippen molar-refractivity contribution in [3.05, 3.63) is 20.8 Å². The lowest BCUT2D eigenvalue weighted by Crippen LogP contribution is -2.42. The summed E-state index contributed by atoms with van der Waals surface area (Å²) in [4.78, 5) is 23.6. The van der Waals surface area contributed by atoms with E-state index in [-0.39, 0.29) is 17.4 Å². The van der Waals surface area contributed by atoms with Crippen molar-refractivity contribution in [3.63, 3.8) is 0 Å². The van der Waals surface area contributed by atoms with Gasteiger partial charge >= 0.3 is 5.69 Å². The van der Waals surface area contributed by atoms with Crippen molar-refractivity contribution in [2.24, 2.45) is 25.9 Å². The molecule has 6 nitrogen and oxygen atoms in total. The van der Waals surface area contributed by atoms with Crippen molar-refractivity contribution in [2.75, 3.05) is 5.32 Å². The monoisotopic (exact) mass is 266 g/mol. The lowest BCUT2D eigenvalue weighted by molar-refractivity contribution is 0.280. The summed E-state index contributed by atoms with van der Waals surface area (Å²) < 4.78 is 2.28. The van der Waals surface area contributed by atoms with Gasteiger partial charge in [0.15, 0.2) is 0 Å². The summed E-state index contributed by atoms with van der Waals surface area (Å²) in [5.74, 6) is 1.58. The molecule has 106 valence electrons. The van der Waals surface area contributed by atoms with Gasteiger partial charge in [-0.3, -0.25) is 9.36 Å². The molecule has 1 aliphatic rings. The van der Waals surface area contributed by atoms with Gasteiger partial charge in [-0.25, -0.2) is 9.48 Å². The topological polar surface area (TPSA) is 68.9 Å². The van der Waals surface area contributed by atoms with Gasteiger partial charge in [-0.1, -0.05) is 13.8 Å². The Labute approximate surface area is 112 Å². The van der Waals surface area contributed by atoms with Crippen LogP contribution in [-0.2, 0) is 14.1 Å². The second kappa shape index (κ2) is 5.19. The molecule has 0 spiro atoms. The average molecular weight is 266 g/mol. The Hall–Kier alpha value is -1.59. The first kappa shape index (κ1) is 13.8. The molecule has 2 unspecified atom stereocenters. The molecule has 1 saturated carbocycles. The largest absolute Gasteiger partial charge is 0.361 e. The van der Waals surface area contributed by atoms with Gasteiger partial charge in [0, 0.05) is 20.1 Å². The first-order valence-electron chi connectivity index (χ1n) is 6.79. The van der Waals surface area contributed by atoms with Crippen molar-refractivity contribution in [3.8, 4) is 0 Å². The lowest BCUT2D eigenvalue weighted by Gasteiger charge is -2.32. The molecule has 1 fully saturated rings. The summed E-state index contributed by atoms with van der Waals surface area (Å²) in [6.45, 7) is 4.47. The quantitative estimate of drug-likeness (QED) is 0.856. The highest BCUT2D eigenvalue weighted by atomic mass is 16.2. The molecule has 2 rings (SSSR count). The minimum Gasteiger partial charge on any atom is -0.361 e. The summed E-state index contributed by atoms with van der Waals surface area (Å²) in [6.07, 6.45) is 3.31. The molecule has 0 bridgehead atoms. The highest BCUT2D eigenvalue weighted by Crippen LogP contribution is 2.29. The fraction of sp³-hybridized carbons (Fsp3) is 0.769. The molecule has 6 heteroatoms. The molecular formula is C13H22N4O2. The normalized spacial score (nSPS) is 27.3. The number of nitrogens with zero attached hydrogens (tertiary/aromatic N) is 3. The van der Waals surface area contributed by atoms with Gasteiger partial charge < -0.3 is 5.32 Å². The van der Waals surface area contributed by atoms with E-state index in [9.17, 15) is 9.59 Å². The fourth-order valence-electron chi connectivity index (χ4n) is 3.05. The molecule has 0 radical (unpaired) electrons. The van der Waals surface area contributed by atoms with E-state index in [0.717, 1.165) is 17.4 Å². The molecule has 19 heavy (non-hydrogen) atoms. The van der Waals surface area contributed by atoms with E-state index in [1.807, 2.05) is 0 Å². The van der Waals surface area contributed by atoms with Crippen LogP contribution in [0.3, 0.4) is 0 Å². The number of aryl methyl sites for hydroxylation is 1. The molecule has 1 aliphatic carbocycles. The van der Waals surface area contributed by atoms with Gasteiger partial charge in [-0.2, -0.15) is 0 Å². The Balaban J connectivity index is 2.24. The maximum atomic E-state index is 12.0. The van der Waals surface area contributed by atoms with Crippen LogP contribution < -0.4 is 16.6 Å². The van der Waals surface area contributed by atoms with E-state index < -0.39 is 5.69 Å². The van der Waals surface area contributed by atoms with Gasteiger partial charge in [0.2, 0.25) is 5.82 Å². The van der Waals surface area contributed by atoms with E-state index >= 15 is 0 Å². The molecule has 1 N–H and O–H groups in total. The number of aromatic nitrogens is 3. The first-order valence-corrected chi connectivity index (χ1v) is 6.79. The predicted octanol–water partition coefficient (Wildman–Crippen LogP) is 0.716. The standard InChI is InChI=1S/C13H22N4O2/c1-8-5-9(2)7-10(6-8)14-11-12(18)16(3)13(19)17(4)15-11/h8-10H,5-7H2,1-4H3,(H,14,15). The maximum absolute atomic E-state index is 12.0. The highest BCUT2D eigenvalue weighted by molar-refractivity contribution is 5.31. The molecular weight excluding hydrogens is 244 g/mol. The number of rotatable bonds is 2. The Morgan fingerprint density at radius 1 is 1.11 bits per heavy atom. The predicted molar refractivity (Wildman–Crippen MR) is 74.3 cm³/mol. The van der Waals surface area contributed by atoms with E-state index in [1.165, 1.54) is 18.2 Å². The van der Waals surface area contributed by atoms with Crippen LogP contribution in [0.2, 0.25) is 0 Å². The summed E-state index contributed by atoms with van der Waals surface area (Å²) in [6, 6.07) is 0.261. The molecule has 1 heterocycles. The van der Waals surface area contributed by atoms with Gasteiger partial charge in [0.1, 0.15) is 0 Å². The molecule has 0 aliphatic heterocycles. The maximum Gasteiger partial charge on any atom is 0.346 e. The zero-order valence-electron chi connectivity index (χ0n) is 12.0. The summed E-state index contributed by atoms with van der Waals surface area (Å²) in [5.41, 5.74) is -0.755. The molecule has 0 saturated heterocycles. The Kier molecular flexibility index (Phi) is 3.78. The SMILES string of the molecule is CC1CC(C)CC(Nc2nn(C)c(=O)n(C)c2=O)C1. The zero-order chi connectivity index (χ0) is 14.2. The van der Waals surface area contributed by atoms with Crippen molar-refractivity contribution < 1.29 is 0 Å². The van der Waals surface area contributed by atoms with Crippen molar-refractivity contribution in [1.82, 2.24) is 14.3 Å². The summed E-state index contributed by atoms with van der Waals surface area (Å²) >= 11 is 0. The second-order valence-electron chi connectivity index (χ2n) is 5.88. The van der Waals surface area contributed by atoms with Crippen LogP contribution in [-0.4, -0.2) is 20.4 Å². The smallest absolute Gasteiger partial charge is 0.346 e. The number of hydrogen-bond acceptors (Lipinski definition) is 4. The molecule has 1 aromatic heterocycles. The number of nitrogens with one attached hydrogen (secondary N) is 1. The van der Waals surface area contributed by atoms with Crippen LogP contribution in [0.1, 0.15) is 33.1 Å². The minimum atomic E-state index is -0.402. The second-order valence-corrected chi connectivity index (χ2v) is 5.88. The van der Waals surface area contributed by atoms with Crippen LogP contribution in [0.25, 0.3) is 0 Å². The van der Waals surface area contributed by atoms with Crippen LogP contribution in [0.5, 0.6) is 0 Å². The third-order valence-electron chi connectivity index (χ3n) is 3.84. The van der Waals surface area contributed by atoms with E-state index in [2.05, 4.69) is 24.3 Å². The Bertz CT molecular complexity index is 565. The van der Waals surface area contributed by atoms with Gasteiger partial charge in [-0.05, 0) is 31.1 Å². The molecule has 0 aromatic carbocycles. The minimum absolute atomic E-state index is 0.261. The highest BCUT2D eigenvalue weighted by Gasteiger charge is 2.25. The molecule has 1 aromatic rings. The van der Waals surface area contributed by atoms with Crippen LogP contribution in [0, 0.1) is 11.8 Å². The van der Waals surface area contributed by atoms with Crippen molar-refractivity contribution in [1.29, 1.82) is 0 Å². The van der Waals surface area contributed by atoms with Crippen LogP contribution >= 0.6 is 0 Å². The Morgan fingerprint density at radius 3 is 2.26 bits per heavy atom. The van der Waals surface area contributed by atoms with Crippen LogP contribution in [0.4, 0.5) is 5.82 Å². The summed E-state index contributed by atoms with van der Waals surface area (Å²) in [5, 5.41) is 7.25. The summed E-state index contributed by atoms with van der Waals surface area (Å²) in [7, 11) is 3.03.